The average molecular weight is 308 g/mol. The Bertz CT molecular complexity index is 461. The number of hydrogen-bond donors (Lipinski definition) is 1. The first-order chi connectivity index (χ1) is 10.1. The van der Waals surface area contributed by atoms with Crippen molar-refractivity contribution >= 4 is 11.6 Å². The van der Waals surface area contributed by atoms with Crippen molar-refractivity contribution in [1.29, 1.82) is 0 Å². The third-order valence-electron chi connectivity index (χ3n) is 5.47. The predicted molar refractivity (Wildman–Crippen MR) is 87.5 cm³/mol. The normalized spacial score (nSPS) is 29.2. The molecule has 2 bridgehead atoms. The molecule has 2 nitrogen and oxygen atoms in total. The Morgan fingerprint density at radius 1 is 1.24 bits per heavy atom. The Hall–Kier alpha value is -0.570. The first kappa shape index (κ1) is 15.3. The first-order valence-electron chi connectivity index (χ1n) is 8.24. The molecule has 0 amide bonds. The highest BCUT2D eigenvalue weighted by atomic mass is 35.5. The van der Waals surface area contributed by atoms with Crippen LogP contribution in [0.1, 0.15) is 43.8 Å². The van der Waals surface area contributed by atoms with Gasteiger partial charge in [-0.1, -0.05) is 30.2 Å². The number of rotatable bonds is 6. The highest BCUT2D eigenvalue weighted by Crippen LogP contribution is 2.48. The van der Waals surface area contributed by atoms with Crippen LogP contribution < -0.4 is 0 Å². The summed E-state index contributed by atoms with van der Waals surface area (Å²) in [6.45, 7) is 2.16. The smallest absolute Gasteiger partial charge is 0.0802 e. The van der Waals surface area contributed by atoms with Gasteiger partial charge in [-0.25, -0.2) is 0 Å². The van der Waals surface area contributed by atoms with Gasteiger partial charge >= 0.3 is 0 Å². The third-order valence-corrected chi connectivity index (χ3v) is 5.72. The second-order valence-corrected chi connectivity index (χ2v) is 7.49. The average Bonchev–Trinajstić information content (AvgIpc) is 3.08. The van der Waals surface area contributed by atoms with Gasteiger partial charge in [-0.15, -0.1) is 0 Å². The maximum Gasteiger partial charge on any atom is 0.0802 e. The first-order valence-corrected chi connectivity index (χ1v) is 8.61. The van der Waals surface area contributed by atoms with Gasteiger partial charge in [0, 0.05) is 18.1 Å². The van der Waals surface area contributed by atoms with Crippen molar-refractivity contribution in [2.24, 2.45) is 17.8 Å². The second-order valence-electron chi connectivity index (χ2n) is 7.05. The van der Waals surface area contributed by atoms with Gasteiger partial charge in [-0.2, -0.15) is 0 Å². The van der Waals surface area contributed by atoms with Crippen LogP contribution in [0.15, 0.2) is 24.3 Å². The lowest BCUT2D eigenvalue weighted by Gasteiger charge is -2.27. The summed E-state index contributed by atoms with van der Waals surface area (Å²) in [4.78, 5) is 2.41. The number of benzene rings is 1. The van der Waals surface area contributed by atoms with Gasteiger partial charge < -0.3 is 10.0 Å². The summed E-state index contributed by atoms with van der Waals surface area (Å²) in [6.07, 6.45) is 6.25. The van der Waals surface area contributed by atoms with Gasteiger partial charge in [0.15, 0.2) is 0 Å². The van der Waals surface area contributed by atoms with E-state index < -0.39 is 0 Å². The molecule has 4 unspecified atom stereocenters. The summed E-state index contributed by atoms with van der Waals surface area (Å²) in [5.41, 5.74) is 0.965. The van der Waals surface area contributed by atoms with Crippen molar-refractivity contribution in [3.63, 3.8) is 0 Å². The molecular formula is C18H26ClNO. The summed E-state index contributed by atoms with van der Waals surface area (Å²) in [7, 11) is 2.20. The van der Waals surface area contributed by atoms with Gasteiger partial charge in [-0.3, -0.25) is 0 Å². The zero-order valence-electron chi connectivity index (χ0n) is 12.8. The largest absolute Gasteiger partial charge is 0.388 e. The summed E-state index contributed by atoms with van der Waals surface area (Å²) in [5, 5.41) is 11.0. The van der Waals surface area contributed by atoms with Crippen LogP contribution in [0.5, 0.6) is 0 Å². The highest BCUT2D eigenvalue weighted by molar-refractivity contribution is 6.30. The van der Waals surface area contributed by atoms with Crippen LogP contribution in [0, 0.1) is 17.8 Å². The van der Waals surface area contributed by atoms with E-state index in [0.717, 1.165) is 41.3 Å². The van der Waals surface area contributed by atoms with Crippen LogP contribution in [0.4, 0.5) is 0 Å². The summed E-state index contributed by atoms with van der Waals surface area (Å²) in [6, 6.07) is 7.53. The fourth-order valence-electron chi connectivity index (χ4n) is 4.29. The van der Waals surface area contributed by atoms with Crippen LogP contribution >= 0.6 is 11.6 Å². The molecule has 4 atom stereocenters. The molecular weight excluding hydrogens is 282 g/mol. The van der Waals surface area contributed by atoms with Crippen molar-refractivity contribution in [2.75, 3.05) is 20.1 Å². The quantitative estimate of drug-likeness (QED) is 0.854. The minimum atomic E-state index is -0.384. The van der Waals surface area contributed by atoms with Gasteiger partial charge in [0.1, 0.15) is 0 Å². The Balaban J connectivity index is 1.43. The van der Waals surface area contributed by atoms with E-state index in [1.54, 1.807) is 0 Å². The molecule has 2 saturated carbocycles. The highest BCUT2D eigenvalue weighted by Gasteiger charge is 2.39. The molecule has 0 spiro atoms. The van der Waals surface area contributed by atoms with E-state index in [0.29, 0.717) is 0 Å². The van der Waals surface area contributed by atoms with Crippen LogP contribution in [-0.4, -0.2) is 30.1 Å². The lowest BCUT2D eigenvalue weighted by atomic mass is 9.88. The van der Waals surface area contributed by atoms with E-state index in [2.05, 4.69) is 11.9 Å². The molecule has 0 heterocycles. The summed E-state index contributed by atoms with van der Waals surface area (Å²) in [5.74, 6) is 2.91. The second kappa shape index (κ2) is 6.68. The Labute approximate surface area is 133 Å². The summed E-state index contributed by atoms with van der Waals surface area (Å²) >= 11 is 5.88. The fraction of sp³-hybridized carbons (Fsp3) is 0.667. The molecule has 1 aromatic rings. The van der Waals surface area contributed by atoms with Crippen LogP contribution in [0.3, 0.4) is 0 Å². The standard InChI is InChI=1S/C18H26ClNO/c1-20(12-16-11-13-2-3-15(16)10-13)9-8-18(21)14-4-6-17(19)7-5-14/h4-7,13,15-16,18,21H,2-3,8-12H2,1H3. The van der Waals surface area contributed by atoms with Crippen molar-refractivity contribution in [2.45, 2.75) is 38.2 Å². The Kier molecular flexibility index (Phi) is 4.88. The maximum atomic E-state index is 10.3. The number of aliphatic hydroxyl groups is 1. The van der Waals surface area contributed by atoms with E-state index in [-0.39, 0.29) is 6.10 Å². The number of aliphatic hydroxyl groups excluding tert-OH is 1. The third kappa shape index (κ3) is 3.80. The molecule has 3 heteroatoms. The molecule has 21 heavy (non-hydrogen) atoms. The summed E-state index contributed by atoms with van der Waals surface area (Å²) < 4.78 is 0. The fourth-order valence-corrected chi connectivity index (χ4v) is 4.41. The number of hydrogen-bond acceptors (Lipinski definition) is 2. The zero-order chi connectivity index (χ0) is 14.8. The zero-order valence-corrected chi connectivity index (χ0v) is 13.6. The van der Waals surface area contributed by atoms with E-state index in [1.807, 2.05) is 24.3 Å². The molecule has 0 saturated heterocycles. The van der Waals surface area contributed by atoms with Crippen molar-refractivity contribution in [3.05, 3.63) is 34.9 Å². The minimum Gasteiger partial charge on any atom is -0.388 e. The predicted octanol–water partition coefficient (Wildman–Crippen LogP) is 4.13. The molecule has 1 aromatic carbocycles. The molecule has 0 aliphatic heterocycles. The van der Waals surface area contributed by atoms with E-state index in [1.165, 1.54) is 32.2 Å². The topological polar surface area (TPSA) is 23.5 Å². The molecule has 2 fully saturated rings. The van der Waals surface area contributed by atoms with E-state index >= 15 is 0 Å². The number of halogens is 1. The molecule has 2 aliphatic carbocycles. The molecule has 0 aromatic heterocycles. The van der Waals surface area contributed by atoms with E-state index in [9.17, 15) is 5.11 Å². The molecule has 3 rings (SSSR count). The molecule has 0 radical (unpaired) electrons. The minimum absolute atomic E-state index is 0.384. The Morgan fingerprint density at radius 2 is 2.00 bits per heavy atom. The number of fused-ring (bicyclic) bond motifs is 2. The van der Waals surface area contributed by atoms with E-state index in [4.69, 9.17) is 11.6 Å². The van der Waals surface area contributed by atoms with Crippen molar-refractivity contribution in [3.8, 4) is 0 Å². The molecule has 116 valence electrons. The monoisotopic (exact) mass is 307 g/mol. The number of nitrogens with zero attached hydrogens (tertiary/aromatic N) is 1. The van der Waals surface area contributed by atoms with Crippen LogP contribution in [-0.2, 0) is 0 Å². The van der Waals surface area contributed by atoms with Gasteiger partial charge in [0.25, 0.3) is 0 Å². The SMILES string of the molecule is CN(CCC(O)c1ccc(Cl)cc1)CC1CC2CCC1C2. The van der Waals surface area contributed by atoms with Crippen molar-refractivity contribution in [1.82, 2.24) is 4.90 Å². The molecule has 2 aliphatic rings. The molecule has 1 N–H and O–H groups in total. The van der Waals surface area contributed by atoms with Gasteiger partial charge in [-0.05, 0) is 68.2 Å². The van der Waals surface area contributed by atoms with Crippen molar-refractivity contribution < 1.29 is 5.11 Å². The lowest BCUT2D eigenvalue weighted by molar-refractivity contribution is 0.138. The van der Waals surface area contributed by atoms with Gasteiger partial charge in [0.05, 0.1) is 6.10 Å². The van der Waals surface area contributed by atoms with Gasteiger partial charge in [0.2, 0.25) is 0 Å². The van der Waals surface area contributed by atoms with Crippen LogP contribution in [0.2, 0.25) is 5.02 Å². The maximum absolute atomic E-state index is 10.3. The van der Waals surface area contributed by atoms with Crippen LogP contribution in [0.25, 0.3) is 0 Å². The lowest BCUT2D eigenvalue weighted by Crippen LogP contribution is -2.30. The Morgan fingerprint density at radius 3 is 2.62 bits per heavy atom.